The molecule has 2 N–H and O–H groups in total. The number of aromatic amines is 1. The monoisotopic (exact) mass is 372 g/mol. The molecule has 3 aromatic carbocycles. The van der Waals surface area contributed by atoms with Crippen molar-refractivity contribution in [1.29, 1.82) is 0 Å². The lowest BCUT2D eigenvalue weighted by molar-refractivity contribution is 0.976. The fourth-order valence-electron chi connectivity index (χ4n) is 3.48. The molecule has 0 aliphatic rings. The number of hydrogen-bond acceptors (Lipinski definition) is 1. The molecular weight excluding hydrogens is 352 g/mol. The third-order valence-electron chi connectivity index (χ3n) is 4.81. The van der Waals surface area contributed by atoms with E-state index in [1.54, 1.807) is 0 Å². The highest BCUT2D eigenvalue weighted by atomic mass is 35.5. The summed E-state index contributed by atoms with van der Waals surface area (Å²) in [6, 6.07) is 26.7. The van der Waals surface area contributed by atoms with Crippen LogP contribution in [0.4, 0.5) is 5.69 Å². The van der Waals surface area contributed by atoms with Crippen molar-refractivity contribution in [2.75, 3.05) is 5.32 Å². The molecule has 0 bridgehead atoms. The van der Waals surface area contributed by atoms with E-state index in [1.807, 2.05) is 36.4 Å². The van der Waals surface area contributed by atoms with E-state index in [9.17, 15) is 0 Å². The summed E-state index contributed by atoms with van der Waals surface area (Å²) in [7, 11) is 0. The lowest BCUT2D eigenvalue weighted by atomic mass is 9.94. The summed E-state index contributed by atoms with van der Waals surface area (Å²) in [5, 5.41) is 5.45. The van der Waals surface area contributed by atoms with Gasteiger partial charge in [-0.1, -0.05) is 78.3 Å². The van der Waals surface area contributed by atoms with E-state index >= 15 is 0 Å². The van der Waals surface area contributed by atoms with Gasteiger partial charge in [0.15, 0.2) is 0 Å². The second kappa shape index (κ2) is 7.73. The second-order valence-corrected chi connectivity index (χ2v) is 7.00. The van der Waals surface area contributed by atoms with E-state index in [4.69, 9.17) is 11.6 Å². The maximum absolute atomic E-state index is 6.29. The number of H-pyrrole nitrogens is 1. The van der Waals surface area contributed by atoms with Gasteiger partial charge in [-0.15, -0.1) is 6.58 Å². The first-order valence-corrected chi connectivity index (χ1v) is 9.40. The number of halogens is 1. The quantitative estimate of drug-likeness (QED) is 0.360. The van der Waals surface area contributed by atoms with Crippen molar-refractivity contribution in [3.63, 3.8) is 0 Å². The van der Waals surface area contributed by atoms with Gasteiger partial charge in [-0.3, -0.25) is 0 Å². The van der Waals surface area contributed by atoms with Crippen LogP contribution in [0.5, 0.6) is 0 Å². The molecule has 27 heavy (non-hydrogen) atoms. The van der Waals surface area contributed by atoms with Gasteiger partial charge >= 0.3 is 0 Å². The van der Waals surface area contributed by atoms with Crippen LogP contribution in [0.1, 0.15) is 22.7 Å². The zero-order valence-electron chi connectivity index (χ0n) is 15.0. The lowest BCUT2D eigenvalue weighted by Crippen LogP contribution is -2.05. The Bertz CT molecular complexity index is 1050. The molecule has 0 aliphatic carbocycles. The van der Waals surface area contributed by atoms with Gasteiger partial charge < -0.3 is 10.3 Å². The smallest absolute Gasteiger partial charge is 0.0644 e. The Morgan fingerprint density at radius 1 is 0.963 bits per heavy atom. The van der Waals surface area contributed by atoms with Crippen LogP contribution in [-0.2, 0) is 6.54 Å². The molecule has 3 heteroatoms. The molecule has 0 unspecified atom stereocenters. The molecule has 2 nitrogen and oxygen atoms in total. The molecular formula is C24H21ClN2. The SMILES string of the molecule is C=C[C@H](c1ccccc1)c1[nH]c2ccc(Cl)cc2c1NCc1ccccc1. The van der Waals surface area contributed by atoms with E-state index in [1.165, 1.54) is 11.1 Å². The minimum Gasteiger partial charge on any atom is -0.379 e. The maximum atomic E-state index is 6.29. The van der Waals surface area contributed by atoms with E-state index in [0.29, 0.717) is 0 Å². The van der Waals surface area contributed by atoms with E-state index in [2.05, 4.69) is 65.4 Å². The van der Waals surface area contributed by atoms with Crippen molar-refractivity contribution in [3.05, 3.63) is 113 Å². The van der Waals surface area contributed by atoms with Gasteiger partial charge in [-0.25, -0.2) is 0 Å². The summed E-state index contributed by atoms with van der Waals surface area (Å²) in [4.78, 5) is 3.58. The summed E-state index contributed by atoms with van der Waals surface area (Å²) in [5.41, 5.74) is 5.67. The average Bonchev–Trinajstić information content (AvgIpc) is 3.06. The molecule has 4 rings (SSSR count). The van der Waals surface area contributed by atoms with Crippen LogP contribution in [0.3, 0.4) is 0 Å². The molecule has 0 radical (unpaired) electrons. The van der Waals surface area contributed by atoms with Gasteiger partial charge in [-0.2, -0.15) is 0 Å². The summed E-state index contributed by atoms with van der Waals surface area (Å²) in [5.74, 6) is 0.0654. The number of anilines is 1. The first kappa shape index (κ1) is 17.4. The normalized spacial score (nSPS) is 12.0. The molecule has 0 amide bonds. The van der Waals surface area contributed by atoms with Crippen molar-refractivity contribution in [2.24, 2.45) is 0 Å². The Balaban J connectivity index is 1.80. The topological polar surface area (TPSA) is 27.8 Å². The van der Waals surface area contributed by atoms with Crippen LogP contribution in [0.15, 0.2) is 91.5 Å². The van der Waals surface area contributed by atoms with Crippen molar-refractivity contribution in [1.82, 2.24) is 4.98 Å². The summed E-state index contributed by atoms with van der Waals surface area (Å²) in [6.07, 6.45) is 1.98. The molecule has 0 saturated carbocycles. The Labute approximate surface area is 164 Å². The first-order valence-electron chi connectivity index (χ1n) is 9.02. The fraction of sp³-hybridized carbons (Fsp3) is 0.0833. The fourth-order valence-corrected chi connectivity index (χ4v) is 3.65. The Kier molecular flexibility index (Phi) is 4.99. The number of hydrogen-bond donors (Lipinski definition) is 2. The van der Waals surface area contributed by atoms with Gasteiger partial charge in [-0.05, 0) is 29.3 Å². The molecule has 134 valence electrons. The van der Waals surface area contributed by atoms with Crippen LogP contribution in [0, 0.1) is 0 Å². The molecule has 0 spiro atoms. The zero-order valence-corrected chi connectivity index (χ0v) is 15.7. The molecule has 0 aliphatic heterocycles. The van der Waals surface area contributed by atoms with Crippen LogP contribution in [0.2, 0.25) is 5.02 Å². The molecule has 1 heterocycles. The third-order valence-corrected chi connectivity index (χ3v) is 5.04. The van der Waals surface area contributed by atoms with E-state index in [0.717, 1.165) is 33.9 Å². The van der Waals surface area contributed by atoms with Crippen LogP contribution in [-0.4, -0.2) is 4.98 Å². The number of benzene rings is 3. The Morgan fingerprint density at radius 3 is 2.37 bits per heavy atom. The largest absolute Gasteiger partial charge is 0.379 e. The highest BCUT2D eigenvalue weighted by Gasteiger charge is 2.19. The third kappa shape index (κ3) is 3.62. The lowest BCUT2D eigenvalue weighted by Gasteiger charge is -2.16. The van der Waals surface area contributed by atoms with Gasteiger partial charge in [0.25, 0.3) is 0 Å². The van der Waals surface area contributed by atoms with Crippen LogP contribution in [0.25, 0.3) is 10.9 Å². The van der Waals surface area contributed by atoms with Crippen LogP contribution < -0.4 is 5.32 Å². The predicted octanol–water partition coefficient (Wildman–Crippen LogP) is 6.75. The molecule has 1 atom stereocenters. The van der Waals surface area contributed by atoms with Crippen LogP contribution >= 0.6 is 11.6 Å². The van der Waals surface area contributed by atoms with E-state index in [-0.39, 0.29) is 5.92 Å². The molecule has 1 aromatic heterocycles. The highest BCUT2D eigenvalue weighted by molar-refractivity contribution is 6.31. The van der Waals surface area contributed by atoms with Gasteiger partial charge in [0, 0.05) is 28.4 Å². The number of rotatable bonds is 6. The van der Waals surface area contributed by atoms with Gasteiger partial charge in [0.05, 0.1) is 11.4 Å². The second-order valence-electron chi connectivity index (χ2n) is 6.57. The highest BCUT2D eigenvalue weighted by Crippen LogP contribution is 2.37. The van der Waals surface area contributed by atoms with Gasteiger partial charge in [0.2, 0.25) is 0 Å². The zero-order chi connectivity index (χ0) is 18.6. The summed E-state index contributed by atoms with van der Waals surface area (Å²) in [6.45, 7) is 4.83. The predicted molar refractivity (Wildman–Crippen MR) is 116 cm³/mol. The first-order chi connectivity index (χ1) is 13.3. The number of aromatic nitrogens is 1. The number of fused-ring (bicyclic) bond motifs is 1. The molecule has 0 fully saturated rings. The number of nitrogens with one attached hydrogen (secondary N) is 2. The molecule has 0 saturated heterocycles. The van der Waals surface area contributed by atoms with E-state index < -0.39 is 0 Å². The number of allylic oxidation sites excluding steroid dienone is 1. The molecule has 4 aromatic rings. The average molecular weight is 373 g/mol. The van der Waals surface area contributed by atoms with Crippen molar-refractivity contribution >= 4 is 28.2 Å². The van der Waals surface area contributed by atoms with Gasteiger partial charge in [0.1, 0.15) is 0 Å². The standard InChI is InChI=1S/C24H21ClN2/c1-2-20(18-11-7-4-8-12-18)24-23(26-16-17-9-5-3-6-10-17)21-15-19(25)13-14-22(21)27-24/h2-15,20,26-27H,1,16H2/t20-/m1/s1. The minimum atomic E-state index is 0.0654. The maximum Gasteiger partial charge on any atom is 0.0644 e. The van der Waals surface area contributed by atoms with Crippen molar-refractivity contribution < 1.29 is 0 Å². The van der Waals surface area contributed by atoms with Crippen molar-refractivity contribution in [2.45, 2.75) is 12.5 Å². The summed E-state index contributed by atoms with van der Waals surface area (Å²) < 4.78 is 0. The van der Waals surface area contributed by atoms with Crippen molar-refractivity contribution in [3.8, 4) is 0 Å². The Morgan fingerprint density at radius 2 is 1.67 bits per heavy atom. The minimum absolute atomic E-state index is 0.0654. The Hall–Kier alpha value is -2.97. The summed E-state index contributed by atoms with van der Waals surface area (Å²) >= 11 is 6.29.